The van der Waals surface area contributed by atoms with Gasteiger partial charge in [-0.1, -0.05) is 12.2 Å². The molecule has 1 atom stereocenters. The second kappa shape index (κ2) is 4.37. The number of alkyl halides is 2. The maximum atomic E-state index is 13.7. The summed E-state index contributed by atoms with van der Waals surface area (Å²) < 4.78 is 27.4. The van der Waals surface area contributed by atoms with E-state index in [2.05, 4.69) is 5.32 Å². The third-order valence-corrected chi connectivity index (χ3v) is 3.65. The summed E-state index contributed by atoms with van der Waals surface area (Å²) in [5.74, 6) is -5.01. The van der Waals surface area contributed by atoms with Crippen LogP contribution in [-0.4, -0.2) is 28.6 Å². The number of carbonyl (C=O) groups excluding carboxylic acids is 1. The molecule has 17 heavy (non-hydrogen) atoms. The predicted octanol–water partition coefficient (Wildman–Crippen LogP) is 1.76. The standard InChI is InChI=1S/C12H17F2NO2/c13-12(14,11(17)7-4-8-11)10(16)15-9-5-2-1-3-6-9/h1-2,9,17H,3-8H2,(H,15,16). The van der Waals surface area contributed by atoms with Crippen LogP contribution in [0.5, 0.6) is 0 Å². The second-order valence-electron chi connectivity index (χ2n) is 4.91. The van der Waals surface area contributed by atoms with Crippen LogP contribution in [0.3, 0.4) is 0 Å². The van der Waals surface area contributed by atoms with Gasteiger partial charge in [0.1, 0.15) is 5.60 Å². The molecule has 0 aromatic carbocycles. The van der Waals surface area contributed by atoms with Gasteiger partial charge in [-0.15, -0.1) is 0 Å². The van der Waals surface area contributed by atoms with Crippen molar-refractivity contribution in [2.24, 2.45) is 0 Å². The largest absolute Gasteiger partial charge is 0.383 e. The van der Waals surface area contributed by atoms with E-state index >= 15 is 0 Å². The van der Waals surface area contributed by atoms with Gasteiger partial charge in [0.15, 0.2) is 0 Å². The molecule has 2 aliphatic carbocycles. The van der Waals surface area contributed by atoms with Gasteiger partial charge in [0.25, 0.3) is 5.91 Å². The van der Waals surface area contributed by atoms with Crippen molar-refractivity contribution in [3.05, 3.63) is 12.2 Å². The van der Waals surface area contributed by atoms with Gasteiger partial charge in [-0.3, -0.25) is 4.79 Å². The molecule has 0 bridgehead atoms. The lowest BCUT2D eigenvalue weighted by molar-refractivity contribution is -0.216. The van der Waals surface area contributed by atoms with E-state index in [1.807, 2.05) is 12.2 Å². The van der Waals surface area contributed by atoms with E-state index in [-0.39, 0.29) is 18.9 Å². The van der Waals surface area contributed by atoms with Gasteiger partial charge >= 0.3 is 5.92 Å². The van der Waals surface area contributed by atoms with Crippen molar-refractivity contribution in [2.45, 2.75) is 56.1 Å². The highest BCUT2D eigenvalue weighted by molar-refractivity contribution is 5.85. The Morgan fingerprint density at radius 2 is 2.12 bits per heavy atom. The van der Waals surface area contributed by atoms with Crippen LogP contribution in [-0.2, 0) is 4.79 Å². The monoisotopic (exact) mass is 245 g/mol. The molecule has 0 aliphatic heterocycles. The summed E-state index contributed by atoms with van der Waals surface area (Å²) in [4.78, 5) is 11.5. The molecule has 0 saturated heterocycles. The third-order valence-electron chi connectivity index (χ3n) is 3.65. The van der Waals surface area contributed by atoms with E-state index in [1.54, 1.807) is 0 Å². The van der Waals surface area contributed by atoms with E-state index in [0.29, 0.717) is 19.3 Å². The van der Waals surface area contributed by atoms with Gasteiger partial charge in [0.2, 0.25) is 0 Å². The maximum absolute atomic E-state index is 13.7. The van der Waals surface area contributed by atoms with E-state index in [1.165, 1.54) is 0 Å². The van der Waals surface area contributed by atoms with Gasteiger partial charge in [-0.05, 0) is 38.5 Å². The van der Waals surface area contributed by atoms with E-state index in [0.717, 1.165) is 6.42 Å². The molecular weight excluding hydrogens is 228 g/mol. The fraction of sp³-hybridized carbons (Fsp3) is 0.750. The molecule has 2 N–H and O–H groups in total. The van der Waals surface area contributed by atoms with Crippen LogP contribution in [0, 0.1) is 0 Å². The van der Waals surface area contributed by atoms with Gasteiger partial charge in [-0.25, -0.2) is 0 Å². The molecule has 1 unspecified atom stereocenters. The fourth-order valence-corrected chi connectivity index (χ4v) is 2.24. The lowest BCUT2D eigenvalue weighted by Crippen LogP contribution is -2.61. The van der Waals surface area contributed by atoms with E-state index in [9.17, 15) is 18.7 Å². The van der Waals surface area contributed by atoms with Crippen LogP contribution in [0.15, 0.2) is 12.2 Å². The highest BCUT2D eigenvalue weighted by atomic mass is 19.3. The van der Waals surface area contributed by atoms with Crippen molar-refractivity contribution in [3.63, 3.8) is 0 Å². The minimum absolute atomic E-state index is 0.00199. The van der Waals surface area contributed by atoms with Gasteiger partial charge in [0, 0.05) is 6.04 Å². The number of rotatable bonds is 3. The molecule has 1 saturated carbocycles. The van der Waals surface area contributed by atoms with Crippen LogP contribution in [0.2, 0.25) is 0 Å². The summed E-state index contributed by atoms with van der Waals surface area (Å²) in [6, 6.07) is -0.234. The van der Waals surface area contributed by atoms with Gasteiger partial charge in [-0.2, -0.15) is 8.78 Å². The third kappa shape index (κ3) is 2.20. The second-order valence-corrected chi connectivity index (χ2v) is 4.91. The van der Waals surface area contributed by atoms with Crippen LogP contribution in [0.4, 0.5) is 8.78 Å². The molecule has 96 valence electrons. The Labute approximate surface area is 98.9 Å². The van der Waals surface area contributed by atoms with Crippen LogP contribution in [0.1, 0.15) is 38.5 Å². The average molecular weight is 245 g/mol. The summed E-state index contributed by atoms with van der Waals surface area (Å²) in [6.45, 7) is 0. The number of nitrogens with one attached hydrogen (secondary N) is 1. The first kappa shape index (κ1) is 12.5. The minimum atomic E-state index is -3.67. The summed E-state index contributed by atoms with van der Waals surface area (Å²) in [7, 11) is 0. The first-order valence-corrected chi connectivity index (χ1v) is 6.02. The van der Waals surface area contributed by atoms with Gasteiger partial charge < -0.3 is 10.4 Å². The van der Waals surface area contributed by atoms with Crippen molar-refractivity contribution < 1.29 is 18.7 Å². The maximum Gasteiger partial charge on any atom is 0.352 e. The van der Waals surface area contributed by atoms with Crippen molar-refractivity contribution in [3.8, 4) is 0 Å². The number of hydrogen-bond acceptors (Lipinski definition) is 2. The summed E-state index contributed by atoms with van der Waals surface area (Å²) in [5.41, 5.74) is -2.12. The summed E-state index contributed by atoms with van der Waals surface area (Å²) >= 11 is 0. The number of halogens is 2. The van der Waals surface area contributed by atoms with Crippen molar-refractivity contribution in [1.82, 2.24) is 5.32 Å². The van der Waals surface area contributed by atoms with Crippen molar-refractivity contribution in [1.29, 1.82) is 0 Å². The number of aliphatic hydroxyl groups is 1. The number of carbonyl (C=O) groups is 1. The smallest absolute Gasteiger partial charge is 0.352 e. The lowest BCUT2D eigenvalue weighted by atomic mass is 9.75. The Kier molecular flexibility index (Phi) is 3.21. The molecule has 2 aliphatic rings. The highest BCUT2D eigenvalue weighted by Crippen LogP contribution is 2.44. The summed E-state index contributed by atoms with van der Waals surface area (Å²) in [5, 5.41) is 11.9. The molecule has 3 nitrogen and oxygen atoms in total. The van der Waals surface area contributed by atoms with Crippen LogP contribution in [0.25, 0.3) is 0 Å². The predicted molar refractivity (Wildman–Crippen MR) is 58.7 cm³/mol. The Hall–Kier alpha value is -0.970. The molecule has 2 rings (SSSR count). The SMILES string of the molecule is O=C(NC1CC=CCC1)C(F)(F)C1(O)CCC1. The average Bonchev–Trinajstić information content (AvgIpc) is 2.27. The molecule has 5 heteroatoms. The number of amides is 1. The van der Waals surface area contributed by atoms with Crippen molar-refractivity contribution >= 4 is 5.91 Å². The molecule has 0 radical (unpaired) electrons. The Balaban J connectivity index is 1.96. The van der Waals surface area contributed by atoms with Crippen LogP contribution >= 0.6 is 0 Å². The van der Waals surface area contributed by atoms with Crippen LogP contribution < -0.4 is 5.32 Å². The lowest BCUT2D eigenvalue weighted by Gasteiger charge is -2.41. The zero-order chi connectivity index (χ0) is 12.5. The quantitative estimate of drug-likeness (QED) is 0.744. The minimum Gasteiger partial charge on any atom is -0.383 e. The Morgan fingerprint density at radius 1 is 1.41 bits per heavy atom. The van der Waals surface area contributed by atoms with E-state index < -0.39 is 17.4 Å². The van der Waals surface area contributed by atoms with E-state index in [4.69, 9.17) is 0 Å². The molecule has 0 aromatic rings. The normalized spacial score (nSPS) is 27.4. The Bertz CT molecular complexity index is 337. The zero-order valence-corrected chi connectivity index (χ0v) is 9.59. The zero-order valence-electron chi connectivity index (χ0n) is 9.59. The first-order valence-electron chi connectivity index (χ1n) is 6.02. The number of hydrogen-bond donors (Lipinski definition) is 2. The molecular formula is C12H17F2NO2. The van der Waals surface area contributed by atoms with Gasteiger partial charge in [0.05, 0.1) is 0 Å². The number of allylic oxidation sites excluding steroid dienone is 1. The Morgan fingerprint density at radius 3 is 2.59 bits per heavy atom. The molecule has 0 heterocycles. The van der Waals surface area contributed by atoms with Crippen molar-refractivity contribution in [2.75, 3.05) is 0 Å². The first-order chi connectivity index (χ1) is 7.96. The fourth-order valence-electron chi connectivity index (χ4n) is 2.24. The molecule has 0 spiro atoms. The highest BCUT2D eigenvalue weighted by Gasteiger charge is 2.61. The topological polar surface area (TPSA) is 49.3 Å². The molecule has 1 amide bonds. The molecule has 0 aromatic heterocycles. The summed E-state index contributed by atoms with van der Waals surface area (Å²) in [6.07, 6.45) is 6.45. The molecule has 1 fully saturated rings.